The number of rotatable bonds is 5. The van der Waals surface area contributed by atoms with Crippen LogP contribution in [0.15, 0.2) is 48.5 Å². The van der Waals surface area contributed by atoms with Crippen molar-refractivity contribution in [2.45, 2.75) is 31.7 Å². The molecule has 0 aromatic heterocycles. The molecule has 0 radical (unpaired) electrons. The van der Waals surface area contributed by atoms with Gasteiger partial charge in [0.2, 0.25) is 0 Å². The minimum atomic E-state index is -0.949. The summed E-state index contributed by atoms with van der Waals surface area (Å²) >= 11 is 0. The molecule has 0 spiro atoms. The van der Waals surface area contributed by atoms with Gasteiger partial charge in [0.25, 0.3) is 5.91 Å². The molecule has 4 nitrogen and oxygen atoms in total. The van der Waals surface area contributed by atoms with Crippen molar-refractivity contribution >= 4 is 11.9 Å². The van der Waals surface area contributed by atoms with Crippen molar-refractivity contribution in [3.8, 4) is 0 Å². The minimum Gasteiger partial charge on any atom is -0.478 e. The summed E-state index contributed by atoms with van der Waals surface area (Å²) in [6.07, 6.45) is 3.54. The van der Waals surface area contributed by atoms with E-state index in [1.54, 1.807) is 24.3 Å². The predicted molar refractivity (Wildman–Crippen MR) is 87.6 cm³/mol. The van der Waals surface area contributed by atoms with Crippen molar-refractivity contribution in [1.29, 1.82) is 0 Å². The number of carboxylic acid groups (broad SMARTS) is 1. The van der Waals surface area contributed by atoms with E-state index in [9.17, 15) is 9.59 Å². The second kappa shape index (κ2) is 6.65. The van der Waals surface area contributed by atoms with Gasteiger partial charge in [-0.3, -0.25) is 4.79 Å². The average molecular weight is 309 g/mol. The van der Waals surface area contributed by atoms with Crippen LogP contribution in [0.3, 0.4) is 0 Å². The highest BCUT2D eigenvalue weighted by Gasteiger charge is 2.23. The molecule has 0 saturated heterocycles. The molecule has 0 aliphatic heterocycles. The van der Waals surface area contributed by atoms with Crippen LogP contribution < -0.4 is 5.32 Å². The molecule has 23 heavy (non-hydrogen) atoms. The maximum Gasteiger partial charge on any atom is 0.335 e. The summed E-state index contributed by atoms with van der Waals surface area (Å²) in [4.78, 5) is 23.3. The summed E-state index contributed by atoms with van der Waals surface area (Å²) < 4.78 is 0. The van der Waals surface area contributed by atoms with E-state index in [1.807, 2.05) is 24.3 Å². The van der Waals surface area contributed by atoms with Gasteiger partial charge in [-0.1, -0.05) is 36.8 Å². The molecule has 0 atom stereocenters. The number of amides is 1. The van der Waals surface area contributed by atoms with Crippen LogP contribution in [0.2, 0.25) is 0 Å². The molecule has 1 aliphatic carbocycles. The number of hydrogen-bond acceptors (Lipinski definition) is 2. The third-order valence-corrected chi connectivity index (χ3v) is 4.40. The lowest BCUT2D eigenvalue weighted by atomic mass is 9.78. The molecule has 2 N–H and O–H groups in total. The summed E-state index contributed by atoms with van der Waals surface area (Å²) in [5.74, 6) is -0.517. The number of nitrogens with one attached hydrogen (secondary N) is 1. The molecule has 3 rings (SSSR count). The minimum absolute atomic E-state index is 0.0742. The van der Waals surface area contributed by atoms with Crippen LogP contribution in [0.1, 0.15) is 57.0 Å². The highest BCUT2D eigenvalue weighted by Crippen LogP contribution is 2.37. The summed E-state index contributed by atoms with van der Waals surface area (Å²) in [5.41, 5.74) is 3.01. The summed E-state index contributed by atoms with van der Waals surface area (Å²) in [6, 6.07) is 14.3. The summed E-state index contributed by atoms with van der Waals surface area (Å²) in [6.45, 7) is 0.387. The SMILES string of the molecule is O=C(O)c1ccc(CNC(=O)c2ccccc2C2CCC2)cc1. The quantitative estimate of drug-likeness (QED) is 0.887. The average Bonchev–Trinajstić information content (AvgIpc) is 2.52. The van der Waals surface area contributed by atoms with Gasteiger partial charge < -0.3 is 10.4 Å². The highest BCUT2D eigenvalue weighted by molar-refractivity contribution is 5.95. The van der Waals surface area contributed by atoms with Gasteiger partial charge in [0.15, 0.2) is 0 Å². The number of hydrogen-bond donors (Lipinski definition) is 2. The molecule has 0 heterocycles. The van der Waals surface area contributed by atoms with Crippen LogP contribution in [0, 0.1) is 0 Å². The number of carbonyl (C=O) groups excluding carboxylic acids is 1. The van der Waals surface area contributed by atoms with E-state index in [0.717, 1.165) is 29.5 Å². The van der Waals surface area contributed by atoms with Crippen molar-refractivity contribution < 1.29 is 14.7 Å². The second-order valence-corrected chi connectivity index (χ2v) is 5.90. The Hall–Kier alpha value is -2.62. The number of carbonyl (C=O) groups is 2. The predicted octanol–water partition coefficient (Wildman–Crippen LogP) is 3.58. The molecular weight excluding hydrogens is 290 g/mol. The molecule has 0 bridgehead atoms. The van der Waals surface area contributed by atoms with Crippen molar-refractivity contribution in [2.24, 2.45) is 0 Å². The normalized spacial score (nSPS) is 14.1. The zero-order chi connectivity index (χ0) is 16.2. The molecular formula is C19H19NO3. The Labute approximate surface area is 135 Å². The van der Waals surface area contributed by atoms with E-state index in [4.69, 9.17) is 5.11 Å². The van der Waals surface area contributed by atoms with Crippen molar-refractivity contribution in [2.75, 3.05) is 0 Å². The number of benzene rings is 2. The molecule has 1 aliphatic rings. The zero-order valence-electron chi connectivity index (χ0n) is 12.8. The van der Waals surface area contributed by atoms with Crippen LogP contribution in [-0.4, -0.2) is 17.0 Å². The maximum absolute atomic E-state index is 12.5. The van der Waals surface area contributed by atoms with Crippen LogP contribution in [-0.2, 0) is 6.54 Å². The second-order valence-electron chi connectivity index (χ2n) is 5.90. The van der Waals surface area contributed by atoms with Gasteiger partial charge in [0.1, 0.15) is 0 Å². The van der Waals surface area contributed by atoms with Crippen molar-refractivity contribution in [1.82, 2.24) is 5.32 Å². The first-order chi connectivity index (χ1) is 11.1. The molecule has 4 heteroatoms. The standard InChI is InChI=1S/C19H19NO3/c21-18(17-7-2-1-6-16(17)14-4-3-5-14)20-12-13-8-10-15(11-9-13)19(22)23/h1-2,6-11,14H,3-5,12H2,(H,20,21)(H,22,23). The van der Waals surface area contributed by atoms with Gasteiger partial charge in [-0.2, -0.15) is 0 Å². The Morgan fingerprint density at radius 2 is 1.74 bits per heavy atom. The van der Waals surface area contributed by atoms with Gasteiger partial charge in [0, 0.05) is 12.1 Å². The van der Waals surface area contributed by atoms with Gasteiger partial charge in [-0.05, 0) is 48.1 Å². The smallest absolute Gasteiger partial charge is 0.335 e. The largest absolute Gasteiger partial charge is 0.478 e. The van der Waals surface area contributed by atoms with E-state index < -0.39 is 5.97 Å². The Balaban J connectivity index is 1.66. The molecule has 0 unspecified atom stereocenters. The monoisotopic (exact) mass is 309 g/mol. The van der Waals surface area contributed by atoms with Crippen LogP contribution in [0.4, 0.5) is 0 Å². The fourth-order valence-electron chi connectivity index (χ4n) is 2.82. The van der Waals surface area contributed by atoms with Crippen LogP contribution in [0.25, 0.3) is 0 Å². The van der Waals surface area contributed by atoms with Gasteiger partial charge in [-0.25, -0.2) is 4.79 Å². The van der Waals surface area contributed by atoms with Gasteiger partial charge >= 0.3 is 5.97 Å². The fraction of sp³-hybridized carbons (Fsp3) is 0.263. The molecule has 1 amide bonds. The van der Waals surface area contributed by atoms with E-state index in [1.165, 1.54) is 6.42 Å². The van der Waals surface area contributed by atoms with Gasteiger partial charge in [0.05, 0.1) is 5.56 Å². The Morgan fingerprint density at radius 3 is 2.35 bits per heavy atom. The Kier molecular flexibility index (Phi) is 4.42. The zero-order valence-corrected chi connectivity index (χ0v) is 12.8. The molecule has 118 valence electrons. The van der Waals surface area contributed by atoms with E-state index in [0.29, 0.717) is 12.5 Å². The third-order valence-electron chi connectivity index (χ3n) is 4.40. The first-order valence-electron chi connectivity index (χ1n) is 7.84. The molecule has 1 saturated carbocycles. The molecule has 1 fully saturated rings. The van der Waals surface area contributed by atoms with E-state index in [-0.39, 0.29) is 11.5 Å². The fourth-order valence-corrected chi connectivity index (χ4v) is 2.82. The Bertz CT molecular complexity index is 718. The summed E-state index contributed by atoms with van der Waals surface area (Å²) in [5, 5.41) is 11.8. The first kappa shape index (κ1) is 15.3. The highest BCUT2D eigenvalue weighted by atomic mass is 16.4. The van der Waals surface area contributed by atoms with Crippen molar-refractivity contribution in [3.05, 3.63) is 70.8 Å². The molecule has 2 aromatic carbocycles. The lowest BCUT2D eigenvalue weighted by Gasteiger charge is -2.27. The number of aromatic carboxylic acids is 1. The summed E-state index contributed by atoms with van der Waals surface area (Å²) in [7, 11) is 0. The lowest BCUT2D eigenvalue weighted by molar-refractivity contribution is 0.0696. The maximum atomic E-state index is 12.5. The number of carboxylic acids is 1. The van der Waals surface area contributed by atoms with E-state index >= 15 is 0 Å². The van der Waals surface area contributed by atoms with Crippen LogP contribution in [0.5, 0.6) is 0 Å². The van der Waals surface area contributed by atoms with Crippen LogP contribution >= 0.6 is 0 Å². The first-order valence-corrected chi connectivity index (χ1v) is 7.84. The topological polar surface area (TPSA) is 66.4 Å². The van der Waals surface area contributed by atoms with Gasteiger partial charge in [-0.15, -0.1) is 0 Å². The lowest BCUT2D eigenvalue weighted by Crippen LogP contribution is -2.25. The van der Waals surface area contributed by atoms with E-state index in [2.05, 4.69) is 5.32 Å². The molecule has 2 aromatic rings. The van der Waals surface area contributed by atoms with Crippen molar-refractivity contribution in [3.63, 3.8) is 0 Å². The third kappa shape index (κ3) is 3.42. The Morgan fingerprint density at radius 1 is 1.04 bits per heavy atom.